The Bertz CT molecular complexity index is 523. The maximum atomic E-state index is 12.7. The second kappa shape index (κ2) is 5.49. The zero-order valence-electron chi connectivity index (χ0n) is 10.3. The number of nitrogens with zero attached hydrogens (tertiary/aromatic N) is 1. The van der Waals surface area contributed by atoms with Gasteiger partial charge in [0.15, 0.2) is 0 Å². The van der Waals surface area contributed by atoms with E-state index in [-0.39, 0.29) is 5.82 Å². The van der Waals surface area contributed by atoms with Crippen molar-refractivity contribution in [1.82, 2.24) is 4.98 Å². The number of benzene rings is 1. The number of hydrogen-bond donors (Lipinski definition) is 2. The number of hydrogen-bond acceptors (Lipinski definition) is 3. The van der Waals surface area contributed by atoms with E-state index in [0.29, 0.717) is 0 Å². The molecule has 0 amide bonds. The van der Waals surface area contributed by atoms with Crippen LogP contribution in [0.2, 0.25) is 0 Å². The fourth-order valence-electron chi connectivity index (χ4n) is 1.62. The fraction of sp³-hybridized carbons (Fsp3) is 0.214. The van der Waals surface area contributed by atoms with Crippen molar-refractivity contribution in [1.29, 1.82) is 0 Å². The van der Waals surface area contributed by atoms with Crippen molar-refractivity contribution in [2.75, 3.05) is 17.6 Å². The van der Waals surface area contributed by atoms with Crippen molar-refractivity contribution in [3.05, 3.63) is 53.5 Å². The molecule has 3 nitrogen and oxygen atoms in total. The monoisotopic (exact) mass is 245 g/mol. The molecule has 0 saturated carbocycles. The molecule has 0 aliphatic carbocycles. The summed E-state index contributed by atoms with van der Waals surface area (Å²) in [6, 6.07) is 8.33. The summed E-state index contributed by atoms with van der Waals surface area (Å²) >= 11 is 0. The van der Waals surface area contributed by atoms with Crippen LogP contribution in [0.5, 0.6) is 0 Å². The molecule has 3 N–H and O–H groups in total. The highest BCUT2D eigenvalue weighted by Gasteiger charge is 1.98. The van der Waals surface area contributed by atoms with Crippen molar-refractivity contribution < 1.29 is 4.39 Å². The molecule has 1 aromatic heterocycles. The molecular formula is C14H16FN3. The molecule has 0 unspecified atom stereocenters. The molecule has 0 spiro atoms. The lowest BCUT2D eigenvalue weighted by Crippen LogP contribution is -2.07. The zero-order chi connectivity index (χ0) is 13.0. The average Bonchev–Trinajstić information content (AvgIpc) is 2.36. The van der Waals surface area contributed by atoms with Crippen LogP contribution in [-0.2, 0) is 6.42 Å². The Morgan fingerprint density at radius 2 is 2.00 bits per heavy atom. The fourth-order valence-corrected chi connectivity index (χ4v) is 1.62. The molecule has 0 fully saturated rings. The zero-order valence-corrected chi connectivity index (χ0v) is 10.3. The minimum absolute atomic E-state index is 0.209. The van der Waals surface area contributed by atoms with Crippen molar-refractivity contribution in [2.45, 2.75) is 13.3 Å². The van der Waals surface area contributed by atoms with Gasteiger partial charge in [0.2, 0.25) is 0 Å². The van der Waals surface area contributed by atoms with E-state index in [2.05, 4.69) is 10.3 Å². The summed E-state index contributed by atoms with van der Waals surface area (Å²) in [7, 11) is 0. The van der Waals surface area contributed by atoms with E-state index in [1.165, 1.54) is 12.1 Å². The maximum absolute atomic E-state index is 12.7. The van der Waals surface area contributed by atoms with E-state index < -0.39 is 0 Å². The summed E-state index contributed by atoms with van der Waals surface area (Å²) in [4.78, 5) is 4.23. The first-order chi connectivity index (χ1) is 8.65. The first-order valence-electron chi connectivity index (χ1n) is 5.85. The number of halogens is 1. The molecule has 0 aliphatic heterocycles. The first-order valence-corrected chi connectivity index (χ1v) is 5.85. The predicted octanol–water partition coefficient (Wildman–Crippen LogP) is 2.77. The Morgan fingerprint density at radius 1 is 1.28 bits per heavy atom. The standard InChI is InChI=1S/C14H16FN3/c1-10-9-18-14(8-13(10)16)17-7-6-11-2-4-12(15)5-3-11/h2-5,8-9H,6-7H2,1H3,(H3,16,17,18). The van der Waals surface area contributed by atoms with Gasteiger partial charge in [-0.05, 0) is 36.6 Å². The van der Waals surface area contributed by atoms with Gasteiger partial charge < -0.3 is 11.1 Å². The number of aryl methyl sites for hydroxylation is 1. The number of aromatic nitrogens is 1. The van der Waals surface area contributed by atoms with Crippen LogP contribution in [0, 0.1) is 12.7 Å². The normalized spacial score (nSPS) is 10.3. The molecule has 2 rings (SSSR count). The van der Waals surface area contributed by atoms with Gasteiger partial charge in [0.05, 0.1) is 0 Å². The third kappa shape index (κ3) is 3.20. The molecule has 94 valence electrons. The molecule has 2 aromatic rings. The smallest absolute Gasteiger partial charge is 0.127 e. The topological polar surface area (TPSA) is 50.9 Å². The minimum atomic E-state index is -0.209. The van der Waals surface area contributed by atoms with E-state index in [1.54, 1.807) is 18.3 Å². The van der Waals surface area contributed by atoms with Gasteiger partial charge in [0.25, 0.3) is 0 Å². The van der Waals surface area contributed by atoms with Crippen LogP contribution >= 0.6 is 0 Å². The van der Waals surface area contributed by atoms with Crippen molar-refractivity contribution in [3.8, 4) is 0 Å². The Morgan fingerprint density at radius 3 is 2.67 bits per heavy atom. The van der Waals surface area contributed by atoms with Crippen molar-refractivity contribution in [2.24, 2.45) is 0 Å². The van der Waals surface area contributed by atoms with Gasteiger partial charge in [0, 0.05) is 24.5 Å². The summed E-state index contributed by atoms with van der Waals surface area (Å²) in [5.41, 5.74) is 8.59. The number of nitrogens with two attached hydrogens (primary N) is 1. The van der Waals surface area contributed by atoms with Gasteiger partial charge in [-0.3, -0.25) is 0 Å². The number of rotatable bonds is 4. The molecule has 1 heterocycles. The van der Waals surface area contributed by atoms with Gasteiger partial charge in [-0.15, -0.1) is 0 Å². The average molecular weight is 245 g/mol. The molecular weight excluding hydrogens is 229 g/mol. The highest BCUT2D eigenvalue weighted by atomic mass is 19.1. The van der Waals surface area contributed by atoms with Crippen LogP contribution in [0.3, 0.4) is 0 Å². The molecule has 18 heavy (non-hydrogen) atoms. The molecule has 1 aromatic carbocycles. The van der Waals surface area contributed by atoms with Gasteiger partial charge in [-0.1, -0.05) is 12.1 Å². The maximum Gasteiger partial charge on any atom is 0.127 e. The highest BCUT2D eigenvalue weighted by Crippen LogP contribution is 2.13. The Kier molecular flexibility index (Phi) is 3.77. The third-order valence-corrected chi connectivity index (χ3v) is 2.78. The number of pyridine rings is 1. The van der Waals surface area contributed by atoms with Crippen LogP contribution in [-0.4, -0.2) is 11.5 Å². The van der Waals surface area contributed by atoms with E-state index in [0.717, 1.165) is 35.6 Å². The highest BCUT2D eigenvalue weighted by molar-refractivity contribution is 5.53. The third-order valence-electron chi connectivity index (χ3n) is 2.78. The number of nitrogen functional groups attached to an aromatic ring is 1. The summed E-state index contributed by atoms with van der Waals surface area (Å²) in [5, 5.41) is 3.19. The molecule has 0 saturated heterocycles. The Balaban J connectivity index is 1.88. The Hall–Kier alpha value is -2.10. The van der Waals surface area contributed by atoms with Crippen molar-refractivity contribution >= 4 is 11.5 Å². The lowest BCUT2D eigenvalue weighted by molar-refractivity contribution is 0.627. The molecule has 0 atom stereocenters. The quantitative estimate of drug-likeness (QED) is 0.870. The lowest BCUT2D eigenvalue weighted by atomic mass is 10.1. The summed E-state index contributed by atoms with van der Waals surface area (Å²) in [6.07, 6.45) is 2.56. The van der Waals surface area contributed by atoms with Crippen LogP contribution in [0.1, 0.15) is 11.1 Å². The van der Waals surface area contributed by atoms with Crippen LogP contribution < -0.4 is 11.1 Å². The number of anilines is 2. The molecule has 0 bridgehead atoms. The largest absolute Gasteiger partial charge is 0.398 e. The number of nitrogens with one attached hydrogen (secondary N) is 1. The van der Waals surface area contributed by atoms with Crippen LogP contribution in [0.4, 0.5) is 15.9 Å². The summed E-state index contributed by atoms with van der Waals surface area (Å²) in [6.45, 7) is 2.66. The predicted molar refractivity (Wildman–Crippen MR) is 72.0 cm³/mol. The van der Waals surface area contributed by atoms with E-state index >= 15 is 0 Å². The summed E-state index contributed by atoms with van der Waals surface area (Å²) in [5.74, 6) is 0.555. The first kappa shape index (κ1) is 12.4. The van der Waals surface area contributed by atoms with Gasteiger partial charge in [-0.2, -0.15) is 0 Å². The van der Waals surface area contributed by atoms with E-state index in [9.17, 15) is 4.39 Å². The second-order valence-corrected chi connectivity index (χ2v) is 4.23. The summed E-state index contributed by atoms with van der Waals surface area (Å²) < 4.78 is 12.7. The SMILES string of the molecule is Cc1cnc(NCCc2ccc(F)cc2)cc1N. The molecule has 0 aliphatic rings. The lowest BCUT2D eigenvalue weighted by Gasteiger charge is -2.07. The van der Waals surface area contributed by atoms with Gasteiger partial charge in [0.1, 0.15) is 11.6 Å². The van der Waals surface area contributed by atoms with E-state index in [1.807, 2.05) is 13.0 Å². The Labute approximate surface area is 106 Å². The van der Waals surface area contributed by atoms with Gasteiger partial charge >= 0.3 is 0 Å². The molecule has 4 heteroatoms. The van der Waals surface area contributed by atoms with Crippen LogP contribution in [0.25, 0.3) is 0 Å². The van der Waals surface area contributed by atoms with Crippen LogP contribution in [0.15, 0.2) is 36.5 Å². The van der Waals surface area contributed by atoms with Crippen molar-refractivity contribution in [3.63, 3.8) is 0 Å². The molecule has 0 radical (unpaired) electrons. The van der Waals surface area contributed by atoms with E-state index in [4.69, 9.17) is 5.73 Å². The minimum Gasteiger partial charge on any atom is -0.398 e. The van der Waals surface area contributed by atoms with Gasteiger partial charge in [-0.25, -0.2) is 9.37 Å². The second-order valence-electron chi connectivity index (χ2n) is 4.23.